The highest BCUT2D eigenvalue weighted by molar-refractivity contribution is 5.00. The highest BCUT2D eigenvalue weighted by atomic mass is 15.3. The molecular weight excluding hydrogens is 188 g/mol. The van der Waals surface area contributed by atoms with E-state index in [1.165, 1.54) is 5.69 Å². The van der Waals surface area contributed by atoms with Crippen molar-refractivity contribution in [3.05, 3.63) is 18.0 Å². The zero-order valence-electron chi connectivity index (χ0n) is 9.24. The van der Waals surface area contributed by atoms with Gasteiger partial charge in [-0.2, -0.15) is 10.4 Å². The Balaban J connectivity index is 1.98. The van der Waals surface area contributed by atoms with E-state index in [0.29, 0.717) is 6.42 Å². The Bertz CT molecular complexity index is 311. The van der Waals surface area contributed by atoms with E-state index in [0.717, 1.165) is 32.4 Å². The average molecular weight is 206 g/mol. The maximum absolute atomic E-state index is 8.34. The number of nitriles is 1. The topological polar surface area (TPSA) is 53.6 Å². The maximum atomic E-state index is 8.34. The summed E-state index contributed by atoms with van der Waals surface area (Å²) in [7, 11) is 1.96. The van der Waals surface area contributed by atoms with E-state index < -0.39 is 0 Å². The monoisotopic (exact) mass is 206 g/mol. The third-order valence-electron chi connectivity index (χ3n) is 2.37. The zero-order valence-corrected chi connectivity index (χ0v) is 9.24. The van der Waals surface area contributed by atoms with Crippen LogP contribution in [0.25, 0.3) is 0 Å². The number of aromatic nitrogens is 2. The van der Waals surface area contributed by atoms with Crippen molar-refractivity contribution in [1.29, 1.82) is 5.26 Å². The second-order valence-corrected chi connectivity index (χ2v) is 3.56. The van der Waals surface area contributed by atoms with Crippen molar-refractivity contribution in [2.24, 2.45) is 7.05 Å². The van der Waals surface area contributed by atoms with Gasteiger partial charge in [0.15, 0.2) is 0 Å². The molecule has 4 heteroatoms. The smallest absolute Gasteiger partial charge is 0.0621 e. The van der Waals surface area contributed by atoms with Crippen molar-refractivity contribution in [3.8, 4) is 6.07 Å². The fourth-order valence-electron chi connectivity index (χ4n) is 1.44. The molecule has 4 nitrogen and oxygen atoms in total. The van der Waals surface area contributed by atoms with Crippen LogP contribution in [0.1, 0.15) is 25.0 Å². The lowest BCUT2D eigenvalue weighted by Crippen LogP contribution is -2.19. The number of nitrogens with zero attached hydrogens (tertiary/aromatic N) is 3. The van der Waals surface area contributed by atoms with Gasteiger partial charge in [0, 0.05) is 38.3 Å². The average Bonchev–Trinajstić information content (AvgIpc) is 2.63. The molecule has 0 bridgehead atoms. The molecule has 0 aliphatic rings. The Morgan fingerprint density at radius 2 is 2.33 bits per heavy atom. The number of hydrogen-bond donors (Lipinski definition) is 1. The van der Waals surface area contributed by atoms with Crippen molar-refractivity contribution in [2.45, 2.75) is 25.7 Å². The molecule has 0 aliphatic carbocycles. The summed E-state index contributed by atoms with van der Waals surface area (Å²) in [5.41, 5.74) is 1.25. The largest absolute Gasteiger partial charge is 0.316 e. The molecule has 0 saturated heterocycles. The van der Waals surface area contributed by atoms with E-state index in [1.54, 1.807) is 0 Å². The van der Waals surface area contributed by atoms with Gasteiger partial charge in [-0.1, -0.05) is 0 Å². The van der Waals surface area contributed by atoms with Crippen molar-refractivity contribution in [2.75, 3.05) is 13.1 Å². The molecule has 0 radical (unpaired) electrons. The van der Waals surface area contributed by atoms with E-state index >= 15 is 0 Å². The standard InChI is InChI=1S/C11H18N4/c1-15-11(6-10-14-15)5-9-13-8-4-2-3-7-12/h6,10,13H,2-5,8-9H2,1H3. The van der Waals surface area contributed by atoms with Gasteiger partial charge in [0.2, 0.25) is 0 Å². The minimum absolute atomic E-state index is 0.670. The van der Waals surface area contributed by atoms with Crippen LogP contribution in [0, 0.1) is 11.3 Å². The summed E-state index contributed by atoms with van der Waals surface area (Å²) in [5, 5.41) is 15.8. The van der Waals surface area contributed by atoms with E-state index in [4.69, 9.17) is 5.26 Å². The fraction of sp³-hybridized carbons (Fsp3) is 0.636. The minimum Gasteiger partial charge on any atom is -0.316 e. The molecule has 1 N–H and O–H groups in total. The van der Waals surface area contributed by atoms with Crippen LogP contribution in [0.3, 0.4) is 0 Å². The summed E-state index contributed by atoms with van der Waals surface area (Å²) in [6.07, 6.45) is 5.58. The molecule has 0 amide bonds. The summed E-state index contributed by atoms with van der Waals surface area (Å²) in [4.78, 5) is 0. The highest BCUT2D eigenvalue weighted by Gasteiger charge is 1.96. The lowest BCUT2D eigenvalue weighted by molar-refractivity contribution is 0.610. The van der Waals surface area contributed by atoms with Crippen molar-refractivity contribution >= 4 is 0 Å². The van der Waals surface area contributed by atoms with Crippen LogP contribution in [-0.4, -0.2) is 22.9 Å². The molecule has 0 spiro atoms. The van der Waals surface area contributed by atoms with Crippen molar-refractivity contribution in [1.82, 2.24) is 15.1 Å². The minimum atomic E-state index is 0.670. The molecule has 0 aromatic carbocycles. The van der Waals surface area contributed by atoms with Crippen LogP contribution in [-0.2, 0) is 13.5 Å². The molecule has 15 heavy (non-hydrogen) atoms. The second kappa shape index (κ2) is 7.02. The third kappa shape index (κ3) is 4.61. The second-order valence-electron chi connectivity index (χ2n) is 3.56. The van der Waals surface area contributed by atoms with Crippen LogP contribution in [0.5, 0.6) is 0 Å². The first-order valence-electron chi connectivity index (χ1n) is 5.39. The van der Waals surface area contributed by atoms with E-state index in [2.05, 4.69) is 16.5 Å². The fourth-order valence-corrected chi connectivity index (χ4v) is 1.44. The highest BCUT2D eigenvalue weighted by Crippen LogP contribution is 1.96. The molecule has 0 atom stereocenters. The van der Waals surface area contributed by atoms with Gasteiger partial charge in [-0.05, 0) is 25.5 Å². The maximum Gasteiger partial charge on any atom is 0.0621 e. The number of aryl methyl sites for hydroxylation is 1. The molecule has 0 saturated carbocycles. The molecule has 1 aromatic heterocycles. The van der Waals surface area contributed by atoms with Gasteiger partial charge < -0.3 is 5.32 Å². The van der Waals surface area contributed by atoms with Gasteiger partial charge in [-0.3, -0.25) is 4.68 Å². The summed E-state index contributed by atoms with van der Waals surface area (Å²) in [6, 6.07) is 4.19. The van der Waals surface area contributed by atoms with Gasteiger partial charge in [0.05, 0.1) is 6.07 Å². The molecule has 0 aliphatic heterocycles. The Kier molecular flexibility index (Phi) is 5.49. The predicted molar refractivity (Wildman–Crippen MR) is 59.2 cm³/mol. The zero-order chi connectivity index (χ0) is 10.9. The van der Waals surface area contributed by atoms with Crippen LogP contribution in [0.4, 0.5) is 0 Å². The first kappa shape index (κ1) is 11.7. The number of nitrogens with one attached hydrogen (secondary N) is 1. The van der Waals surface area contributed by atoms with E-state index in [9.17, 15) is 0 Å². The first-order chi connectivity index (χ1) is 7.34. The number of unbranched alkanes of at least 4 members (excludes halogenated alkanes) is 2. The van der Waals surface area contributed by atoms with Gasteiger partial charge >= 0.3 is 0 Å². The van der Waals surface area contributed by atoms with Crippen LogP contribution >= 0.6 is 0 Å². The van der Waals surface area contributed by atoms with Gasteiger partial charge in [-0.15, -0.1) is 0 Å². The van der Waals surface area contributed by atoms with Crippen molar-refractivity contribution in [3.63, 3.8) is 0 Å². The molecule has 82 valence electrons. The molecule has 1 aromatic rings. The van der Waals surface area contributed by atoms with Gasteiger partial charge in [0.25, 0.3) is 0 Å². The first-order valence-corrected chi connectivity index (χ1v) is 5.39. The van der Waals surface area contributed by atoms with Gasteiger partial charge in [0.1, 0.15) is 0 Å². The Morgan fingerprint density at radius 1 is 1.47 bits per heavy atom. The predicted octanol–water partition coefficient (Wildman–Crippen LogP) is 1.25. The quantitative estimate of drug-likeness (QED) is 0.683. The van der Waals surface area contributed by atoms with E-state index in [-0.39, 0.29) is 0 Å². The summed E-state index contributed by atoms with van der Waals surface area (Å²) >= 11 is 0. The Labute approximate surface area is 90.9 Å². The van der Waals surface area contributed by atoms with Gasteiger partial charge in [-0.25, -0.2) is 0 Å². The Hall–Kier alpha value is -1.34. The molecular formula is C11H18N4. The summed E-state index contributed by atoms with van der Waals surface area (Å²) in [6.45, 7) is 1.98. The van der Waals surface area contributed by atoms with Crippen LogP contribution in [0.2, 0.25) is 0 Å². The summed E-state index contributed by atoms with van der Waals surface area (Å²) < 4.78 is 1.90. The number of rotatable bonds is 7. The Morgan fingerprint density at radius 3 is 3.00 bits per heavy atom. The van der Waals surface area contributed by atoms with Crippen molar-refractivity contribution < 1.29 is 0 Å². The van der Waals surface area contributed by atoms with E-state index in [1.807, 2.05) is 24.0 Å². The summed E-state index contributed by atoms with van der Waals surface area (Å²) in [5.74, 6) is 0. The van der Waals surface area contributed by atoms with Crippen LogP contribution in [0.15, 0.2) is 12.3 Å². The molecule has 0 fully saturated rings. The number of hydrogen-bond acceptors (Lipinski definition) is 3. The SMILES string of the molecule is Cn1nccc1CCNCCCCC#N. The molecule has 1 rings (SSSR count). The normalized spacial score (nSPS) is 10.1. The van der Waals surface area contributed by atoms with Crippen LogP contribution < -0.4 is 5.32 Å². The molecule has 0 unspecified atom stereocenters. The lowest BCUT2D eigenvalue weighted by Gasteiger charge is -2.04. The lowest BCUT2D eigenvalue weighted by atomic mass is 10.2. The molecule has 1 heterocycles. The third-order valence-corrected chi connectivity index (χ3v) is 2.37.